The molecule has 0 aromatic heterocycles. The van der Waals surface area contributed by atoms with Gasteiger partial charge in [0.2, 0.25) is 5.91 Å². The van der Waals surface area contributed by atoms with Gasteiger partial charge in [-0.15, -0.1) is 0 Å². The first kappa shape index (κ1) is 23.7. The third kappa shape index (κ3) is 6.16. The van der Waals surface area contributed by atoms with E-state index in [0.29, 0.717) is 13.1 Å². The van der Waals surface area contributed by atoms with E-state index in [1.54, 1.807) is 6.07 Å². The number of amides is 1. The Balaban J connectivity index is 1.05. The van der Waals surface area contributed by atoms with Gasteiger partial charge in [0.05, 0.1) is 0 Å². The van der Waals surface area contributed by atoms with Crippen LogP contribution in [0.5, 0.6) is 0 Å². The van der Waals surface area contributed by atoms with Crippen molar-refractivity contribution in [1.82, 2.24) is 15.1 Å². The summed E-state index contributed by atoms with van der Waals surface area (Å²) in [5.74, 6) is 0.0133. The molecule has 2 aliphatic rings. The van der Waals surface area contributed by atoms with Crippen molar-refractivity contribution in [3.63, 3.8) is 0 Å². The molecular formula is C30H34FN3O. The summed E-state index contributed by atoms with van der Waals surface area (Å²) in [4.78, 5) is 17.5. The fourth-order valence-corrected chi connectivity index (χ4v) is 5.26. The summed E-state index contributed by atoms with van der Waals surface area (Å²) in [6.45, 7) is 5.86. The minimum Gasteiger partial charge on any atom is -0.352 e. The van der Waals surface area contributed by atoms with Crippen LogP contribution in [-0.4, -0.2) is 35.3 Å². The highest BCUT2D eigenvalue weighted by molar-refractivity contribution is 5.78. The molecule has 1 amide bonds. The Morgan fingerprint density at radius 2 is 1.49 bits per heavy atom. The van der Waals surface area contributed by atoms with Gasteiger partial charge in [0.25, 0.3) is 0 Å². The number of carbonyl (C=O) groups is 1. The molecule has 1 N–H and O–H groups in total. The highest BCUT2D eigenvalue weighted by Crippen LogP contribution is 2.22. The van der Waals surface area contributed by atoms with E-state index in [2.05, 4.69) is 63.6 Å². The van der Waals surface area contributed by atoms with Gasteiger partial charge in [-0.2, -0.15) is 0 Å². The molecule has 1 saturated heterocycles. The molecule has 4 nitrogen and oxygen atoms in total. The molecule has 0 aliphatic carbocycles. The summed E-state index contributed by atoms with van der Waals surface area (Å²) in [5, 5.41) is 3.13. The minimum absolute atomic E-state index is 0.0353. The van der Waals surface area contributed by atoms with Crippen LogP contribution in [-0.2, 0) is 37.4 Å². The average Bonchev–Trinajstić information content (AvgIpc) is 2.90. The zero-order chi connectivity index (χ0) is 24.0. The maximum atomic E-state index is 13.9. The van der Waals surface area contributed by atoms with Crippen molar-refractivity contribution in [3.05, 3.63) is 106 Å². The van der Waals surface area contributed by atoms with Gasteiger partial charge in [-0.25, -0.2) is 4.39 Å². The largest absolute Gasteiger partial charge is 0.352 e. The molecule has 3 aromatic carbocycles. The Morgan fingerprint density at radius 1 is 0.800 bits per heavy atom. The molecule has 0 bridgehead atoms. The van der Waals surface area contributed by atoms with E-state index in [9.17, 15) is 9.18 Å². The normalized spacial score (nSPS) is 17.2. The van der Waals surface area contributed by atoms with Crippen molar-refractivity contribution < 1.29 is 9.18 Å². The molecular weight excluding hydrogens is 437 g/mol. The Kier molecular flexibility index (Phi) is 7.55. The van der Waals surface area contributed by atoms with Crippen LogP contribution >= 0.6 is 0 Å². The second kappa shape index (κ2) is 11.1. The van der Waals surface area contributed by atoms with Crippen molar-refractivity contribution in [2.45, 2.75) is 45.4 Å². The van der Waals surface area contributed by atoms with Gasteiger partial charge < -0.3 is 5.32 Å². The lowest BCUT2D eigenvalue weighted by Crippen LogP contribution is -2.40. The van der Waals surface area contributed by atoms with E-state index in [-0.39, 0.29) is 17.6 Å². The number of hydrogen-bond acceptors (Lipinski definition) is 3. The molecule has 0 unspecified atom stereocenters. The number of nitrogens with one attached hydrogen (secondary N) is 1. The fourth-order valence-electron chi connectivity index (χ4n) is 5.26. The molecule has 1 fully saturated rings. The number of carbonyl (C=O) groups excluding carboxylic acids is 1. The Bertz CT molecular complexity index is 1140. The van der Waals surface area contributed by atoms with Crippen LogP contribution in [0.15, 0.2) is 72.8 Å². The topological polar surface area (TPSA) is 35.6 Å². The molecule has 3 aromatic rings. The van der Waals surface area contributed by atoms with E-state index < -0.39 is 0 Å². The number of halogens is 1. The van der Waals surface area contributed by atoms with Gasteiger partial charge >= 0.3 is 0 Å². The molecule has 0 radical (unpaired) electrons. The molecule has 5 heteroatoms. The summed E-state index contributed by atoms with van der Waals surface area (Å²) < 4.78 is 13.9. The van der Waals surface area contributed by atoms with Crippen molar-refractivity contribution in [3.8, 4) is 0 Å². The van der Waals surface area contributed by atoms with E-state index in [0.717, 1.165) is 63.1 Å². The molecule has 35 heavy (non-hydrogen) atoms. The van der Waals surface area contributed by atoms with Crippen LogP contribution in [0.4, 0.5) is 4.39 Å². The van der Waals surface area contributed by atoms with E-state index >= 15 is 0 Å². The van der Waals surface area contributed by atoms with E-state index in [1.165, 1.54) is 22.8 Å². The molecule has 0 spiro atoms. The third-order valence-corrected chi connectivity index (χ3v) is 7.42. The Labute approximate surface area is 207 Å². The number of likely N-dealkylation sites (tertiary alicyclic amines) is 1. The summed E-state index contributed by atoms with van der Waals surface area (Å²) in [7, 11) is 0. The van der Waals surface area contributed by atoms with Crippen LogP contribution < -0.4 is 5.32 Å². The summed E-state index contributed by atoms with van der Waals surface area (Å²) in [5.41, 5.74) is 6.08. The zero-order valence-electron chi connectivity index (χ0n) is 20.3. The van der Waals surface area contributed by atoms with Crippen LogP contribution in [0, 0.1) is 11.7 Å². The number of rotatable bonds is 7. The Hall–Kier alpha value is -3.02. The van der Waals surface area contributed by atoms with Gasteiger partial charge in [-0.3, -0.25) is 14.6 Å². The lowest BCUT2D eigenvalue weighted by atomic mass is 9.95. The van der Waals surface area contributed by atoms with Gasteiger partial charge in [-0.1, -0.05) is 66.7 Å². The standard InChI is InChI=1S/C30H34FN3O/c31-29-8-4-3-7-28(29)22-33-16-14-26(15-17-33)30(35)32-19-23-9-11-24(12-10-23)20-34-18-13-25-5-1-2-6-27(25)21-34/h1-12,26H,13-22H2,(H,32,35). The number of benzene rings is 3. The lowest BCUT2D eigenvalue weighted by Gasteiger charge is -2.31. The van der Waals surface area contributed by atoms with Crippen LogP contribution in [0.25, 0.3) is 0 Å². The zero-order valence-corrected chi connectivity index (χ0v) is 20.3. The minimum atomic E-state index is -0.153. The smallest absolute Gasteiger partial charge is 0.223 e. The average molecular weight is 472 g/mol. The molecule has 182 valence electrons. The predicted octanol–water partition coefficient (Wildman–Crippen LogP) is 4.91. The van der Waals surface area contributed by atoms with Crippen molar-refractivity contribution in [2.24, 2.45) is 5.92 Å². The third-order valence-electron chi connectivity index (χ3n) is 7.42. The number of piperidine rings is 1. The lowest BCUT2D eigenvalue weighted by molar-refractivity contribution is -0.126. The highest BCUT2D eigenvalue weighted by atomic mass is 19.1. The monoisotopic (exact) mass is 471 g/mol. The second-order valence-corrected chi connectivity index (χ2v) is 9.91. The number of hydrogen-bond donors (Lipinski definition) is 1. The van der Waals surface area contributed by atoms with Crippen LogP contribution in [0.1, 0.15) is 40.7 Å². The van der Waals surface area contributed by atoms with Gasteiger partial charge in [0, 0.05) is 44.2 Å². The van der Waals surface area contributed by atoms with Gasteiger partial charge in [0.15, 0.2) is 0 Å². The summed E-state index contributed by atoms with van der Waals surface area (Å²) in [6, 6.07) is 24.3. The maximum absolute atomic E-state index is 13.9. The molecule has 0 saturated carbocycles. The van der Waals surface area contributed by atoms with Gasteiger partial charge in [0.1, 0.15) is 5.82 Å². The summed E-state index contributed by atoms with van der Waals surface area (Å²) in [6.07, 6.45) is 2.75. The molecule has 5 rings (SSSR count). The van der Waals surface area contributed by atoms with E-state index in [1.807, 2.05) is 12.1 Å². The highest BCUT2D eigenvalue weighted by Gasteiger charge is 2.25. The molecule has 2 aliphatic heterocycles. The summed E-state index contributed by atoms with van der Waals surface area (Å²) >= 11 is 0. The van der Waals surface area contributed by atoms with Crippen molar-refractivity contribution in [2.75, 3.05) is 19.6 Å². The predicted molar refractivity (Wildman–Crippen MR) is 137 cm³/mol. The van der Waals surface area contributed by atoms with Crippen LogP contribution in [0.2, 0.25) is 0 Å². The second-order valence-electron chi connectivity index (χ2n) is 9.91. The van der Waals surface area contributed by atoms with Gasteiger partial charge in [-0.05, 0) is 60.7 Å². The molecule has 2 heterocycles. The van der Waals surface area contributed by atoms with Crippen molar-refractivity contribution >= 4 is 5.91 Å². The fraction of sp³-hybridized carbons (Fsp3) is 0.367. The first-order chi connectivity index (χ1) is 17.1. The number of nitrogens with zero attached hydrogens (tertiary/aromatic N) is 2. The van der Waals surface area contributed by atoms with Crippen molar-refractivity contribution in [1.29, 1.82) is 0 Å². The quantitative estimate of drug-likeness (QED) is 0.532. The first-order valence-electron chi connectivity index (χ1n) is 12.7. The Morgan fingerprint density at radius 3 is 2.26 bits per heavy atom. The van der Waals surface area contributed by atoms with E-state index in [4.69, 9.17) is 0 Å². The van der Waals surface area contributed by atoms with Crippen LogP contribution in [0.3, 0.4) is 0 Å². The number of fused-ring (bicyclic) bond motifs is 1. The SMILES string of the molecule is O=C(NCc1ccc(CN2CCc3ccccc3C2)cc1)C1CCN(Cc2ccccc2F)CC1. The maximum Gasteiger partial charge on any atom is 0.223 e. The first-order valence-corrected chi connectivity index (χ1v) is 12.7. The molecule has 0 atom stereocenters.